The Morgan fingerprint density at radius 3 is 2.00 bits per heavy atom. The van der Waals surface area contributed by atoms with Crippen LogP contribution in [0.5, 0.6) is 0 Å². The fourth-order valence-electron chi connectivity index (χ4n) is 2.72. The smallest absolute Gasteiger partial charge is 0.329 e. The molecule has 0 saturated carbocycles. The van der Waals surface area contributed by atoms with Crippen molar-refractivity contribution in [3.05, 3.63) is 70.3 Å². The molecule has 0 unspecified atom stereocenters. The van der Waals surface area contributed by atoms with Crippen molar-refractivity contribution in [3.8, 4) is 0 Å². The molecule has 0 atom stereocenters. The maximum Gasteiger partial charge on any atom is 0.337 e. The zero-order valence-electron chi connectivity index (χ0n) is 12.8. The maximum atomic E-state index is 12.1. The predicted molar refractivity (Wildman–Crippen MR) is 82.7 cm³/mol. The van der Waals surface area contributed by atoms with E-state index < -0.39 is 17.8 Å². The summed E-state index contributed by atoms with van der Waals surface area (Å²) in [4.78, 5) is 41.3. The lowest BCUT2D eigenvalue weighted by Gasteiger charge is -2.13. The summed E-state index contributed by atoms with van der Waals surface area (Å²) in [5.41, 5.74) is 3.35. The first kappa shape index (κ1) is 15.0. The number of carbonyl (C=O) groups is 3. The normalized spacial score (nSPS) is 13.2. The average Bonchev–Trinajstić information content (AvgIpc) is 2.72. The number of benzene rings is 2. The largest absolute Gasteiger partial charge is 0.337 e. The minimum Gasteiger partial charge on any atom is -0.329 e. The zero-order valence-corrected chi connectivity index (χ0v) is 12.8. The van der Waals surface area contributed by atoms with Gasteiger partial charge in [-0.2, -0.15) is 0 Å². The highest BCUT2D eigenvalue weighted by Crippen LogP contribution is 2.23. The summed E-state index contributed by atoms with van der Waals surface area (Å²) in [6.07, 6.45) is -0.00404. The molecule has 1 aliphatic rings. The Bertz CT molecular complexity index is 770. The van der Waals surface area contributed by atoms with Crippen LogP contribution in [-0.2, 0) is 16.1 Å². The molecule has 2 aromatic carbocycles. The summed E-state index contributed by atoms with van der Waals surface area (Å²) in [6, 6.07) is 12.1. The third-order valence-corrected chi connectivity index (χ3v) is 3.58. The van der Waals surface area contributed by atoms with Crippen LogP contribution in [0.1, 0.15) is 37.4 Å². The van der Waals surface area contributed by atoms with Gasteiger partial charge in [-0.1, -0.05) is 46.5 Å². The van der Waals surface area contributed by atoms with E-state index in [2.05, 4.69) is 0 Å². The second-order valence-electron chi connectivity index (χ2n) is 5.59. The monoisotopic (exact) mass is 309 g/mol. The lowest BCUT2D eigenvalue weighted by Crippen LogP contribution is -2.33. The third kappa shape index (κ3) is 2.85. The first-order chi connectivity index (χ1) is 11.0. The van der Waals surface area contributed by atoms with Crippen LogP contribution >= 0.6 is 0 Å². The number of rotatable bonds is 3. The summed E-state index contributed by atoms with van der Waals surface area (Å²) < 4.78 is 0. The Morgan fingerprint density at radius 1 is 0.957 bits per heavy atom. The van der Waals surface area contributed by atoms with Crippen LogP contribution in [0.2, 0.25) is 0 Å². The van der Waals surface area contributed by atoms with Gasteiger partial charge in [-0.05, 0) is 31.5 Å². The van der Waals surface area contributed by atoms with Gasteiger partial charge in [0.1, 0.15) is 0 Å². The third-order valence-electron chi connectivity index (χ3n) is 3.58. The van der Waals surface area contributed by atoms with Gasteiger partial charge in [0.05, 0.1) is 17.5 Å². The van der Waals surface area contributed by atoms with E-state index in [1.807, 2.05) is 32.0 Å². The van der Waals surface area contributed by atoms with Crippen molar-refractivity contribution in [2.45, 2.75) is 20.3 Å². The number of fused-ring (bicyclic) bond motifs is 1. The number of carbonyl (C=O) groups excluding carboxylic acids is 3. The molecule has 23 heavy (non-hydrogen) atoms. The molecule has 0 N–H and O–H groups in total. The molecular weight excluding hydrogens is 294 g/mol. The summed E-state index contributed by atoms with van der Waals surface area (Å²) in [7, 11) is 0. The molecule has 2 amide bonds. The molecule has 2 aromatic rings. The number of nitrogens with zero attached hydrogens (tertiary/aromatic N) is 1. The maximum absolute atomic E-state index is 12.1. The van der Waals surface area contributed by atoms with Crippen molar-refractivity contribution >= 4 is 17.8 Å². The molecule has 1 aliphatic heterocycles. The van der Waals surface area contributed by atoms with Crippen molar-refractivity contribution in [1.82, 2.24) is 5.06 Å². The Balaban J connectivity index is 1.74. The Labute approximate surface area is 133 Å². The van der Waals surface area contributed by atoms with E-state index in [0.717, 1.165) is 16.7 Å². The zero-order chi connectivity index (χ0) is 16.6. The van der Waals surface area contributed by atoms with Crippen molar-refractivity contribution in [2.24, 2.45) is 0 Å². The van der Waals surface area contributed by atoms with Crippen LogP contribution in [0, 0.1) is 13.8 Å². The van der Waals surface area contributed by atoms with Crippen LogP contribution in [0.15, 0.2) is 42.5 Å². The van der Waals surface area contributed by atoms with Gasteiger partial charge in [-0.15, -0.1) is 0 Å². The molecule has 0 spiro atoms. The molecule has 0 aliphatic carbocycles. The molecular formula is C18H15NO4. The van der Waals surface area contributed by atoms with Crippen molar-refractivity contribution < 1.29 is 19.2 Å². The highest BCUT2D eigenvalue weighted by atomic mass is 16.7. The molecule has 0 aromatic heterocycles. The predicted octanol–water partition coefficient (Wildman–Crippen LogP) is 2.60. The van der Waals surface area contributed by atoms with Crippen LogP contribution in [-0.4, -0.2) is 22.8 Å². The molecule has 3 rings (SSSR count). The standard InChI is InChI=1S/C18H15NO4/c1-11-7-12(2)9-13(8-11)10-16(20)23-19-17(21)14-5-3-4-6-15(14)18(19)22/h3-9H,10H2,1-2H3. The van der Waals surface area contributed by atoms with Crippen molar-refractivity contribution in [1.29, 1.82) is 0 Å². The fourth-order valence-corrected chi connectivity index (χ4v) is 2.72. The van der Waals surface area contributed by atoms with E-state index in [1.165, 1.54) is 12.1 Å². The highest BCUT2D eigenvalue weighted by Gasteiger charge is 2.38. The summed E-state index contributed by atoms with van der Waals surface area (Å²) in [6.45, 7) is 3.87. The Kier molecular flexibility index (Phi) is 3.70. The molecule has 0 bridgehead atoms. The lowest BCUT2D eigenvalue weighted by molar-refractivity contribution is -0.167. The van der Waals surface area contributed by atoms with Gasteiger partial charge in [-0.3, -0.25) is 9.59 Å². The summed E-state index contributed by atoms with van der Waals surface area (Å²) in [5, 5.41) is 0.537. The Hall–Kier alpha value is -2.95. The fraction of sp³-hybridized carbons (Fsp3) is 0.167. The van der Waals surface area contributed by atoms with E-state index in [9.17, 15) is 14.4 Å². The molecule has 0 radical (unpaired) electrons. The number of aryl methyl sites for hydroxylation is 2. The van der Waals surface area contributed by atoms with E-state index >= 15 is 0 Å². The number of amides is 2. The van der Waals surface area contributed by atoms with E-state index in [0.29, 0.717) is 5.06 Å². The van der Waals surface area contributed by atoms with Gasteiger partial charge < -0.3 is 4.84 Å². The van der Waals surface area contributed by atoms with Crippen molar-refractivity contribution in [2.75, 3.05) is 0 Å². The van der Waals surface area contributed by atoms with E-state index in [-0.39, 0.29) is 17.5 Å². The topological polar surface area (TPSA) is 63.7 Å². The number of imide groups is 1. The number of hydrogen-bond donors (Lipinski definition) is 0. The van der Waals surface area contributed by atoms with E-state index in [1.54, 1.807) is 12.1 Å². The first-order valence-electron chi connectivity index (χ1n) is 7.21. The number of hydroxylamine groups is 2. The Morgan fingerprint density at radius 2 is 1.48 bits per heavy atom. The molecule has 5 nitrogen and oxygen atoms in total. The molecule has 0 saturated heterocycles. The second-order valence-corrected chi connectivity index (χ2v) is 5.59. The first-order valence-corrected chi connectivity index (χ1v) is 7.21. The summed E-state index contributed by atoms with van der Waals surface area (Å²) >= 11 is 0. The second kappa shape index (κ2) is 5.68. The number of hydrogen-bond acceptors (Lipinski definition) is 4. The van der Waals surface area contributed by atoms with Gasteiger partial charge in [0.2, 0.25) is 0 Å². The molecule has 5 heteroatoms. The minimum atomic E-state index is -0.649. The van der Waals surface area contributed by atoms with Gasteiger partial charge in [0.25, 0.3) is 11.8 Å². The van der Waals surface area contributed by atoms with Crippen LogP contribution in [0.4, 0.5) is 0 Å². The van der Waals surface area contributed by atoms with Crippen molar-refractivity contribution in [3.63, 3.8) is 0 Å². The van der Waals surface area contributed by atoms with Gasteiger partial charge in [0.15, 0.2) is 0 Å². The van der Waals surface area contributed by atoms with Gasteiger partial charge >= 0.3 is 5.97 Å². The van der Waals surface area contributed by atoms with Gasteiger partial charge in [-0.25, -0.2) is 4.79 Å². The average molecular weight is 309 g/mol. The quantitative estimate of drug-likeness (QED) is 0.818. The van der Waals surface area contributed by atoms with E-state index in [4.69, 9.17) is 4.84 Å². The molecule has 116 valence electrons. The van der Waals surface area contributed by atoms with Gasteiger partial charge in [0, 0.05) is 0 Å². The summed E-state index contributed by atoms with van der Waals surface area (Å²) in [5.74, 6) is -1.87. The van der Waals surface area contributed by atoms with Crippen LogP contribution in [0.25, 0.3) is 0 Å². The SMILES string of the molecule is Cc1cc(C)cc(CC(=O)ON2C(=O)c3ccccc3C2=O)c1. The lowest BCUT2D eigenvalue weighted by atomic mass is 10.1. The highest BCUT2D eigenvalue weighted by molar-refractivity contribution is 6.20. The minimum absolute atomic E-state index is 0.00404. The van der Waals surface area contributed by atoms with Crippen LogP contribution in [0.3, 0.4) is 0 Å². The molecule has 1 heterocycles. The van der Waals surface area contributed by atoms with Crippen LogP contribution < -0.4 is 0 Å². The molecule has 0 fully saturated rings.